The molecule has 27 heavy (non-hydrogen) atoms. The Labute approximate surface area is 159 Å². The molecule has 4 rings (SSSR count). The number of anilines is 1. The van der Waals surface area contributed by atoms with Crippen LogP contribution in [0, 0.1) is 18.2 Å². The molecule has 1 aliphatic carbocycles. The van der Waals surface area contributed by atoms with Crippen LogP contribution in [0.3, 0.4) is 0 Å². The highest BCUT2D eigenvalue weighted by molar-refractivity contribution is 6.00. The first-order valence-electron chi connectivity index (χ1n) is 9.69. The van der Waals surface area contributed by atoms with E-state index in [-0.39, 0.29) is 22.9 Å². The predicted octanol–water partition coefficient (Wildman–Crippen LogP) is 5.27. The summed E-state index contributed by atoms with van der Waals surface area (Å²) in [6.07, 6.45) is 3.37. The lowest BCUT2D eigenvalue weighted by molar-refractivity contribution is -0.118. The third-order valence-corrected chi connectivity index (χ3v) is 5.64. The summed E-state index contributed by atoms with van der Waals surface area (Å²) < 4.78 is 15.2. The van der Waals surface area contributed by atoms with Crippen LogP contribution in [0.4, 0.5) is 10.2 Å². The van der Waals surface area contributed by atoms with Crippen LogP contribution in [0.25, 0.3) is 5.69 Å². The minimum absolute atomic E-state index is 0.0487. The van der Waals surface area contributed by atoms with Crippen molar-refractivity contribution in [3.05, 3.63) is 52.6 Å². The lowest BCUT2D eigenvalue weighted by Gasteiger charge is -2.38. The SMILES string of the molecule is CCC[C@H]1C2=C(CC(C)(C)CC2=O)Nc2c1c(C)nn2-c1ccc(F)cc1. The molecule has 1 atom stereocenters. The van der Waals surface area contributed by atoms with Crippen molar-refractivity contribution < 1.29 is 9.18 Å². The Morgan fingerprint density at radius 1 is 1.26 bits per heavy atom. The number of nitrogens with zero attached hydrogens (tertiary/aromatic N) is 2. The molecule has 0 amide bonds. The zero-order valence-corrected chi connectivity index (χ0v) is 16.4. The Kier molecular flexibility index (Phi) is 4.21. The van der Waals surface area contributed by atoms with Gasteiger partial charge in [0.2, 0.25) is 0 Å². The van der Waals surface area contributed by atoms with E-state index in [9.17, 15) is 9.18 Å². The highest BCUT2D eigenvalue weighted by Gasteiger charge is 2.41. The van der Waals surface area contributed by atoms with Crippen LogP contribution in [-0.2, 0) is 4.79 Å². The second kappa shape index (κ2) is 6.32. The molecule has 2 aromatic rings. The zero-order chi connectivity index (χ0) is 19.3. The maximum atomic E-state index is 13.4. The molecule has 2 heterocycles. The van der Waals surface area contributed by atoms with Gasteiger partial charge in [0.25, 0.3) is 0 Å². The zero-order valence-electron chi connectivity index (χ0n) is 16.4. The first-order valence-corrected chi connectivity index (χ1v) is 9.69. The van der Waals surface area contributed by atoms with Crippen molar-refractivity contribution in [3.8, 4) is 5.69 Å². The van der Waals surface area contributed by atoms with Gasteiger partial charge < -0.3 is 5.32 Å². The molecule has 5 heteroatoms. The number of carbonyl (C=O) groups is 1. The number of carbonyl (C=O) groups excluding carboxylic acids is 1. The summed E-state index contributed by atoms with van der Waals surface area (Å²) >= 11 is 0. The third kappa shape index (κ3) is 2.99. The summed E-state index contributed by atoms with van der Waals surface area (Å²) in [4.78, 5) is 13.0. The van der Waals surface area contributed by atoms with Gasteiger partial charge in [-0.05, 0) is 49.4 Å². The number of allylic oxidation sites excluding steroid dienone is 2. The van der Waals surface area contributed by atoms with E-state index < -0.39 is 0 Å². The predicted molar refractivity (Wildman–Crippen MR) is 105 cm³/mol. The molecule has 0 radical (unpaired) electrons. The average molecular weight is 367 g/mol. The number of fused-ring (bicyclic) bond motifs is 1. The monoisotopic (exact) mass is 367 g/mol. The van der Waals surface area contributed by atoms with E-state index in [1.807, 2.05) is 11.6 Å². The fourth-order valence-electron chi connectivity index (χ4n) is 4.56. The van der Waals surface area contributed by atoms with Crippen molar-refractivity contribution in [2.45, 2.75) is 59.3 Å². The van der Waals surface area contributed by atoms with Gasteiger partial charge in [0.15, 0.2) is 5.78 Å². The first-order chi connectivity index (χ1) is 12.8. The summed E-state index contributed by atoms with van der Waals surface area (Å²) in [6.45, 7) is 8.43. The summed E-state index contributed by atoms with van der Waals surface area (Å²) in [6, 6.07) is 6.36. The molecule has 4 nitrogen and oxygen atoms in total. The van der Waals surface area contributed by atoms with Gasteiger partial charge in [-0.1, -0.05) is 27.2 Å². The number of benzene rings is 1. The summed E-state index contributed by atoms with van der Waals surface area (Å²) in [5, 5.41) is 8.28. The van der Waals surface area contributed by atoms with Gasteiger partial charge in [0.1, 0.15) is 11.6 Å². The Bertz CT molecular complexity index is 937. The quantitative estimate of drug-likeness (QED) is 0.804. The van der Waals surface area contributed by atoms with E-state index in [1.54, 1.807) is 12.1 Å². The summed E-state index contributed by atoms with van der Waals surface area (Å²) in [5.74, 6) is 0.991. The normalized spacial score (nSPS) is 20.9. The molecule has 0 unspecified atom stereocenters. The van der Waals surface area contributed by atoms with Crippen LogP contribution in [-0.4, -0.2) is 15.6 Å². The van der Waals surface area contributed by atoms with Gasteiger partial charge in [-0.2, -0.15) is 5.10 Å². The molecule has 0 saturated carbocycles. The van der Waals surface area contributed by atoms with Crippen LogP contribution in [0.15, 0.2) is 35.5 Å². The molecule has 1 aromatic heterocycles. The Hall–Kier alpha value is -2.43. The highest BCUT2D eigenvalue weighted by atomic mass is 19.1. The highest BCUT2D eigenvalue weighted by Crippen LogP contribution is 2.49. The van der Waals surface area contributed by atoms with Gasteiger partial charge in [-0.25, -0.2) is 9.07 Å². The molecule has 1 N–H and O–H groups in total. The van der Waals surface area contributed by atoms with Crippen LogP contribution < -0.4 is 5.32 Å². The Morgan fingerprint density at radius 3 is 2.63 bits per heavy atom. The van der Waals surface area contributed by atoms with Crippen LogP contribution in [0.5, 0.6) is 0 Å². The number of halogens is 1. The molecule has 1 aromatic carbocycles. The van der Waals surface area contributed by atoms with Crippen molar-refractivity contribution in [3.63, 3.8) is 0 Å². The second-order valence-electron chi connectivity index (χ2n) is 8.54. The van der Waals surface area contributed by atoms with Gasteiger partial charge in [-0.3, -0.25) is 4.79 Å². The van der Waals surface area contributed by atoms with E-state index in [2.05, 4.69) is 26.1 Å². The van der Waals surface area contributed by atoms with E-state index >= 15 is 0 Å². The van der Waals surface area contributed by atoms with Crippen LogP contribution in [0.1, 0.15) is 63.6 Å². The fraction of sp³-hybridized carbons (Fsp3) is 0.455. The first kappa shape index (κ1) is 18.0. The maximum Gasteiger partial charge on any atom is 0.161 e. The topological polar surface area (TPSA) is 46.9 Å². The van der Waals surface area contributed by atoms with Crippen molar-refractivity contribution in [2.24, 2.45) is 5.41 Å². The number of hydrogen-bond acceptors (Lipinski definition) is 3. The van der Waals surface area contributed by atoms with Crippen molar-refractivity contribution in [1.82, 2.24) is 9.78 Å². The average Bonchev–Trinajstić information content (AvgIpc) is 2.90. The van der Waals surface area contributed by atoms with Gasteiger partial charge in [0, 0.05) is 29.2 Å². The molecule has 1 aliphatic heterocycles. The smallest absolute Gasteiger partial charge is 0.161 e. The standard InChI is InChI=1S/C22H26FN3O/c1-5-6-16-19-13(2)25-26(15-9-7-14(23)8-10-15)21(19)24-17-11-22(3,4)12-18(27)20(16)17/h7-10,16,24H,5-6,11-12H2,1-4H3/t16-/m1/s1. The molecular formula is C22H26FN3O. The largest absolute Gasteiger partial charge is 0.343 e. The Balaban J connectivity index is 1.87. The van der Waals surface area contributed by atoms with Crippen LogP contribution >= 0.6 is 0 Å². The second-order valence-corrected chi connectivity index (χ2v) is 8.54. The molecule has 0 spiro atoms. The number of aromatic nitrogens is 2. The lowest BCUT2D eigenvalue weighted by atomic mass is 9.69. The molecule has 0 saturated heterocycles. The van der Waals surface area contributed by atoms with Crippen molar-refractivity contribution in [1.29, 1.82) is 0 Å². The molecular weight excluding hydrogens is 341 g/mol. The number of rotatable bonds is 3. The van der Waals surface area contributed by atoms with Gasteiger partial charge in [-0.15, -0.1) is 0 Å². The van der Waals surface area contributed by atoms with E-state index in [0.29, 0.717) is 6.42 Å². The van der Waals surface area contributed by atoms with E-state index in [0.717, 1.165) is 53.3 Å². The number of ketones is 1. The number of aryl methyl sites for hydroxylation is 1. The van der Waals surface area contributed by atoms with Crippen molar-refractivity contribution in [2.75, 3.05) is 5.32 Å². The lowest BCUT2D eigenvalue weighted by Crippen LogP contribution is -2.33. The fourth-order valence-corrected chi connectivity index (χ4v) is 4.56. The molecule has 2 aliphatic rings. The van der Waals surface area contributed by atoms with Gasteiger partial charge in [0.05, 0.1) is 11.4 Å². The minimum atomic E-state index is -0.266. The number of hydrogen-bond donors (Lipinski definition) is 1. The minimum Gasteiger partial charge on any atom is -0.343 e. The maximum absolute atomic E-state index is 13.4. The summed E-state index contributed by atoms with van der Waals surface area (Å²) in [7, 11) is 0. The van der Waals surface area contributed by atoms with E-state index in [1.165, 1.54) is 12.1 Å². The van der Waals surface area contributed by atoms with Crippen LogP contribution in [0.2, 0.25) is 0 Å². The van der Waals surface area contributed by atoms with Gasteiger partial charge >= 0.3 is 0 Å². The summed E-state index contributed by atoms with van der Waals surface area (Å²) in [5.41, 5.74) is 4.77. The molecule has 142 valence electrons. The molecule has 0 fully saturated rings. The third-order valence-electron chi connectivity index (χ3n) is 5.64. The number of nitrogens with one attached hydrogen (secondary N) is 1. The Morgan fingerprint density at radius 2 is 1.96 bits per heavy atom. The number of Topliss-reactive ketones (excluding diaryl/α,β-unsaturated/α-hetero) is 1. The van der Waals surface area contributed by atoms with E-state index in [4.69, 9.17) is 5.10 Å². The molecule has 0 bridgehead atoms. The van der Waals surface area contributed by atoms with Crippen molar-refractivity contribution >= 4 is 11.6 Å².